The summed E-state index contributed by atoms with van der Waals surface area (Å²) in [5, 5.41) is 0. The molecule has 1 aliphatic heterocycles. The van der Waals surface area contributed by atoms with Crippen molar-refractivity contribution in [2.45, 2.75) is 12.5 Å². The first-order valence-corrected chi connectivity index (χ1v) is 8.68. The van der Waals surface area contributed by atoms with Crippen LogP contribution >= 0.6 is 22.6 Å². The lowest BCUT2D eigenvalue weighted by atomic mass is 10.2. The summed E-state index contributed by atoms with van der Waals surface area (Å²) in [6, 6.07) is 7.28. The van der Waals surface area contributed by atoms with Crippen LogP contribution in [-0.4, -0.2) is 44.7 Å². The number of carbonyl (C=O) groups is 1. The Labute approximate surface area is 126 Å². The lowest BCUT2D eigenvalue weighted by molar-refractivity contribution is 0.0773. The predicted octanol–water partition coefficient (Wildman–Crippen LogP) is 1.48. The van der Waals surface area contributed by atoms with Crippen LogP contribution in [-0.2, 0) is 14.3 Å². The second-order valence-corrected chi connectivity index (χ2v) is 7.32. The number of benzene rings is 1. The Balaban J connectivity index is 2.01. The van der Waals surface area contributed by atoms with E-state index in [2.05, 4.69) is 22.6 Å². The van der Waals surface area contributed by atoms with E-state index in [0.29, 0.717) is 25.1 Å². The van der Waals surface area contributed by atoms with Crippen molar-refractivity contribution in [1.82, 2.24) is 4.90 Å². The van der Waals surface area contributed by atoms with E-state index in [1.807, 2.05) is 12.1 Å². The van der Waals surface area contributed by atoms with Crippen LogP contribution in [0.25, 0.3) is 0 Å². The van der Waals surface area contributed by atoms with E-state index >= 15 is 0 Å². The Morgan fingerprint density at radius 1 is 1.37 bits per heavy atom. The van der Waals surface area contributed by atoms with Gasteiger partial charge in [0.2, 0.25) is 0 Å². The summed E-state index contributed by atoms with van der Waals surface area (Å²) in [5.74, 6) is -0.0870. The van der Waals surface area contributed by atoms with Gasteiger partial charge in [0.05, 0.1) is 12.4 Å². The molecule has 0 spiro atoms. The summed E-state index contributed by atoms with van der Waals surface area (Å²) in [6.07, 6.45) is 1.14. The largest absolute Gasteiger partial charge is 0.336 e. The molecule has 1 atom stereocenters. The van der Waals surface area contributed by atoms with Gasteiger partial charge < -0.3 is 4.90 Å². The number of nitrogens with zero attached hydrogens (tertiary/aromatic N) is 1. The minimum atomic E-state index is -3.47. The molecule has 104 valence electrons. The van der Waals surface area contributed by atoms with E-state index in [9.17, 15) is 13.2 Å². The SMILES string of the molecule is CS(=O)(=O)OC1CCN(C(=O)c2ccc(I)cc2)C1. The smallest absolute Gasteiger partial charge is 0.264 e. The fourth-order valence-corrected chi connectivity index (χ4v) is 3.02. The maximum Gasteiger partial charge on any atom is 0.264 e. The summed E-state index contributed by atoms with van der Waals surface area (Å²) in [4.78, 5) is 13.8. The molecule has 0 saturated carbocycles. The summed E-state index contributed by atoms with van der Waals surface area (Å²) in [5.41, 5.74) is 0.612. The van der Waals surface area contributed by atoms with E-state index in [1.54, 1.807) is 17.0 Å². The maximum atomic E-state index is 12.2. The summed E-state index contributed by atoms with van der Waals surface area (Å²) in [6.45, 7) is 0.836. The highest BCUT2D eigenvalue weighted by Gasteiger charge is 2.29. The van der Waals surface area contributed by atoms with Crippen molar-refractivity contribution >= 4 is 38.6 Å². The van der Waals surface area contributed by atoms with Gasteiger partial charge in [0.15, 0.2) is 0 Å². The lowest BCUT2D eigenvalue weighted by Crippen LogP contribution is -2.30. The zero-order chi connectivity index (χ0) is 14.0. The van der Waals surface area contributed by atoms with Crippen molar-refractivity contribution in [3.63, 3.8) is 0 Å². The number of hydrogen-bond acceptors (Lipinski definition) is 4. The third kappa shape index (κ3) is 4.15. The highest BCUT2D eigenvalue weighted by molar-refractivity contribution is 14.1. The standard InChI is InChI=1S/C12H14INO4S/c1-19(16,17)18-11-6-7-14(8-11)12(15)9-2-4-10(13)5-3-9/h2-5,11H,6-8H2,1H3. The molecule has 1 aliphatic rings. The topological polar surface area (TPSA) is 63.7 Å². The molecule has 1 saturated heterocycles. The minimum absolute atomic E-state index is 0.0870. The molecule has 1 unspecified atom stereocenters. The maximum absolute atomic E-state index is 12.2. The molecule has 19 heavy (non-hydrogen) atoms. The molecule has 1 heterocycles. The highest BCUT2D eigenvalue weighted by atomic mass is 127. The van der Waals surface area contributed by atoms with Crippen LogP contribution in [0.3, 0.4) is 0 Å². The first-order valence-electron chi connectivity index (χ1n) is 5.78. The number of likely N-dealkylation sites (tertiary alicyclic amines) is 1. The molecule has 0 aliphatic carbocycles. The third-order valence-electron chi connectivity index (χ3n) is 2.83. The Hall–Kier alpha value is -0.670. The summed E-state index contributed by atoms with van der Waals surface area (Å²) >= 11 is 2.17. The first-order chi connectivity index (χ1) is 8.85. The molecular weight excluding hydrogens is 381 g/mol. The monoisotopic (exact) mass is 395 g/mol. The van der Waals surface area contributed by atoms with E-state index in [4.69, 9.17) is 4.18 Å². The zero-order valence-corrected chi connectivity index (χ0v) is 13.3. The average molecular weight is 395 g/mol. The van der Waals surface area contributed by atoms with Crippen molar-refractivity contribution in [2.75, 3.05) is 19.3 Å². The van der Waals surface area contributed by atoms with Gasteiger partial charge in [0.25, 0.3) is 16.0 Å². The van der Waals surface area contributed by atoms with Crippen LogP contribution in [0.5, 0.6) is 0 Å². The average Bonchev–Trinajstić information content (AvgIpc) is 2.75. The molecule has 0 radical (unpaired) electrons. The van der Waals surface area contributed by atoms with Crippen molar-refractivity contribution in [1.29, 1.82) is 0 Å². The Bertz CT molecular complexity index is 570. The van der Waals surface area contributed by atoms with Crippen LogP contribution in [0.15, 0.2) is 24.3 Å². The van der Waals surface area contributed by atoms with E-state index in [0.717, 1.165) is 9.83 Å². The van der Waals surface area contributed by atoms with Gasteiger partial charge in [0, 0.05) is 22.2 Å². The van der Waals surface area contributed by atoms with Gasteiger partial charge in [-0.25, -0.2) is 0 Å². The number of rotatable bonds is 3. The van der Waals surface area contributed by atoms with E-state index < -0.39 is 16.2 Å². The first kappa shape index (κ1) is 14.7. The predicted molar refractivity (Wildman–Crippen MR) is 79.4 cm³/mol. The molecule has 7 heteroatoms. The molecule has 1 fully saturated rings. The van der Waals surface area contributed by atoms with Crippen LogP contribution in [0, 0.1) is 3.57 Å². The lowest BCUT2D eigenvalue weighted by Gasteiger charge is -2.16. The molecule has 1 aromatic carbocycles. The van der Waals surface area contributed by atoms with Gasteiger partial charge >= 0.3 is 0 Å². The molecule has 1 aromatic rings. The summed E-state index contributed by atoms with van der Waals surface area (Å²) in [7, 11) is -3.47. The number of halogens is 1. The van der Waals surface area contributed by atoms with Crippen LogP contribution in [0.2, 0.25) is 0 Å². The van der Waals surface area contributed by atoms with Crippen LogP contribution in [0.1, 0.15) is 16.8 Å². The fraction of sp³-hybridized carbons (Fsp3) is 0.417. The van der Waals surface area contributed by atoms with Gasteiger partial charge in [-0.2, -0.15) is 8.42 Å². The molecular formula is C12H14INO4S. The van der Waals surface area contributed by atoms with Crippen molar-refractivity contribution < 1.29 is 17.4 Å². The van der Waals surface area contributed by atoms with Gasteiger partial charge in [-0.3, -0.25) is 8.98 Å². The number of carbonyl (C=O) groups excluding carboxylic acids is 1. The van der Waals surface area contributed by atoms with Gasteiger partial charge in [0.1, 0.15) is 0 Å². The molecule has 5 nitrogen and oxygen atoms in total. The molecule has 0 aromatic heterocycles. The Morgan fingerprint density at radius 3 is 2.58 bits per heavy atom. The summed E-state index contributed by atoms with van der Waals surface area (Å²) < 4.78 is 28.1. The third-order valence-corrected chi connectivity index (χ3v) is 4.18. The van der Waals surface area contributed by atoms with E-state index in [1.165, 1.54) is 0 Å². The molecule has 0 bridgehead atoms. The second kappa shape index (κ2) is 5.76. The molecule has 0 N–H and O–H groups in total. The molecule has 1 amide bonds. The van der Waals surface area contributed by atoms with Crippen molar-refractivity contribution in [3.05, 3.63) is 33.4 Å². The van der Waals surface area contributed by atoms with Crippen molar-refractivity contribution in [2.24, 2.45) is 0 Å². The Kier molecular flexibility index (Phi) is 4.46. The zero-order valence-electron chi connectivity index (χ0n) is 10.4. The van der Waals surface area contributed by atoms with Crippen molar-refractivity contribution in [3.8, 4) is 0 Å². The minimum Gasteiger partial charge on any atom is -0.336 e. The highest BCUT2D eigenvalue weighted by Crippen LogP contribution is 2.18. The Morgan fingerprint density at radius 2 is 2.00 bits per heavy atom. The van der Waals surface area contributed by atoms with E-state index in [-0.39, 0.29) is 5.91 Å². The fourth-order valence-electron chi connectivity index (χ4n) is 2.01. The quantitative estimate of drug-likeness (QED) is 0.575. The second-order valence-electron chi connectivity index (χ2n) is 4.47. The van der Waals surface area contributed by atoms with Gasteiger partial charge in [-0.1, -0.05) is 0 Å². The van der Waals surface area contributed by atoms with Gasteiger partial charge in [-0.05, 0) is 53.3 Å². The van der Waals surface area contributed by atoms with Gasteiger partial charge in [-0.15, -0.1) is 0 Å². The normalized spacial score (nSPS) is 19.7. The molecule has 2 rings (SSSR count). The van der Waals surface area contributed by atoms with Crippen LogP contribution < -0.4 is 0 Å². The number of hydrogen-bond donors (Lipinski definition) is 0. The number of amides is 1. The van der Waals surface area contributed by atoms with Crippen LogP contribution in [0.4, 0.5) is 0 Å².